The summed E-state index contributed by atoms with van der Waals surface area (Å²) >= 11 is 3.35. The van der Waals surface area contributed by atoms with Gasteiger partial charge in [0.25, 0.3) is 0 Å². The molecule has 0 spiro atoms. The van der Waals surface area contributed by atoms with Crippen molar-refractivity contribution in [3.63, 3.8) is 0 Å². The van der Waals surface area contributed by atoms with Crippen molar-refractivity contribution in [2.24, 2.45) is 0 Å². The molecule has 2 rings (SSSR count). The summed E-state index contributed by atoms with van der Waals surface area (Å²) in [7, 11) is 0. The summed E-state index contributed by atoms with van der Waals surface area (Å²) < 4.78 is 27.3. The number of urea groups is 1. The van der Waals surface area contributed by atoms with Gasteiger partial charge in [0, 0.05) is 10.5 Å². The van der Waals surface area contributed by atoms with Gasteiger partial charge in [-0.15, -0.1) is 0 Å². The molecule has 0 aliphatic carbocycles. The van der Waals surface area contributed by atoms with E-state index in [1.807, 2.05) is 24.3 Å². The highest BCUT2D eigenvalue weighted by Gasteiger charge is 2.12. The monoisotopic (exact) mass is 354 g/mol. The third-order valence-electron chi connectivity index (χ3n) is 2.87. The highest BCUT2D eigenvalue weighted by Crippen LogP contribution is 2.19. The molecule has 0 radical (unpaired) electrons. The molecule has 0 aromatic heterocycles. The van der Waals surface area contributed by atoms with Crippen LogP contribution in [0.4, 0.5) is 19.3 Å². The summed E-state index contributed by atoms with van der Waals surface area (Å²) in [5, 5.41) is 4.95. The minimum atomic E-state index is -0.693. The number of nitrogens with one attached hydrogen (secondary N) is 2. The van der Waals surface area contributed by atoms with Gasteiger partial charge in [0.15, 0.2) is 0 Å². The molecule has 6 heteroatoms. The minimum Gasteiger partial charge on any atom is -0.331 e. The summed E-state index contributed by atoms with van der Waals surface area (Å²) in [6, 6.07) is 9.45. The highest BCUT2D eigenvalue weighted by atomic mass is 79.9. The molecule has 2 aromatic rings. The van der Waals surface area contributed by atoms with Crippen molar-refractivity contribution in [3.05, 3.63) is 64.1 Å². The van der Waals surface area contributed by atoms with Crippen LogP contribution in [0.3, 0.4) is 0 Å². The molecule has 0 aliphatic heterocycles. The lowest BCUT2D eigenvalue weighted by atomic mass is 10.1. The standard InChI is InChI=1S/C15H13BrF2N2O/c1-9(10-3-2-4-11(16)7-10)19-15(21)20-14-8-12(17)5-6-13(14)18/h2-9H,1H3,(H2,19,20,21). The average molecular weight is 355 g/mol. The van der Waals surface area contributed by atoms with Crippen LogP contribution in [0.15, 0.2) is 46.9 Å². The van der Waals surface area contributed by atoms with Crippen molar-refractivity contribution in [1.82, 2.24) is 5.32 Å². The fourth-order valence-corrected chi connectivity index (χ4v) is 2.22. The Balaban J connectivity index is 2.03. The number of hydrogen-bond acceptors (Lipinski definition) is 1. The largest absolute Gasteiger partial charge is 0.331 e. The third-order valence-corrected chi connectivity index (χ3v) is 3.37. The van der Waals surface area contributed by atoms with Crippen LogP contribution in [0.25, 0.3) is 0 Å². The van der Waals surface area contributed by atoms with Crippen molar-refractivity contribution in [2.75, 3.05) is 5.32 Å². The van der Waals surface area contributed by atoms with E-state index in [9.17, 15) is 13.6 Å². The number of amides is 2. The molecular formula is C15H13BrF2N2O. The minimum absolute atomic E-state index is 0.200. The number of benzene rings is 2. The van der Waals surface area contributed by atoms with Crippen molar-refractivity contribution in [3.8, 4) is 0 Å². The first-order valence-corrected chi connectivity index (χ1v) is 7.03. The molecule has 21 heavy (non-hydrogen) atoms. The smallest absolute Gasteiger partial charge is 0.319 e. The van der Waals surface area contributed by atoms with E-state index in [2.05, 4.69) is 26.6 Å². The molecule has 0 aliphatic rings. The van der Waals surface area contributed by atoms with Crippen LogP contribution >= 0.6 is 15.9 Å². The fraction of sp³-hybridized carbons (Fsp3) is 0.133. The number of carbonyl (C=O) groups excluding carboxylic acids is 1. The average Bonchev–Trinajstić information content (AvgIpc) is 2.42. The van der Waals surface area contributed by atoms with Gasteiger partial charge in [0.05, 0.1) is 11.7 Å². The van der Waals surface area contributed by atoms with Crippen LogP contribution < -0.4 is 10.6 Å². The van der Waals surface area contributed by atoms with Crippen molar-refractivity contribution < 1.29 is 13.6 Å². The van der Waals surface area contributed by atoms with Crippen LogP contribution in [-0.4, -0.2) is 6.03 Å². The van der Waals surface area contributed by atoms with E-state index in [-0.39, 0.29) is 11.7 Å². The molecule has 2 amide bonds. The van der Waals surface area contributed by atoms with Crippen LogP contribution in [0.1, 0.15) is 18.5 Å². The molecule has 0 saturated carbocycles. The lowest BCUT2D eigenvalue weighted by Gasteiger charge is -2.15. The number of rotatable bonds is 3. The molecule has 1 atom stereocenters. The lowest BCUT2D eigenvalue weighted by Crippen LogP contribution is -2.31. The Morgan fingerprint density at radius 3 is 2.67 bits per heavy atom. The van der Waals surface area contributed by atoms with Crippen molar-refractivity contribution in [1.29, 1.82) is 0 Å². The molecule has 1 unspecified atom stereocenters. The van der Waals surface area contributed by atoms with E-state index in [0.717, 1.165) is 28.2 Å². The molecule has 0 saturated heterocycles. The second kappa shape index (κ2) is 6.67. The van der Waals surface area contributed by atoms with Gasteiger partial charge in [0.2, 0.25) is 0 Å². The summed E-state index contributed by atoms with van der Waals surface area (Å²) in [5.74, 6) is -1.31. The molecule has 0 heterocycles. The third kappa shape index (κ3) is 4.26. The van der Waals surface area contributed by atoms with Gasteiger partial charge in [-0.05, 0) is 36.8 Å². The van der Waals surface area contributed by atoms with Gasteiger partial charge in [-0.1, -0.05) is 28.1 Å². The first-order valence-electron chi connectivity index (χ1n) is 6.24. The Bertz CT molecular complexity index is 664. The maximum absolute atomic E-state index is 13.4. The van der Waals surface area contributed by atoms with E-state index >= 15 is 0 Å². The van der Waals surface area contributed by atoms with Gasteiger partial charge in [-0.3, -0.25) is 0 Å². The second-order valence-corrected chi connectivity index (χ2v) is 5.41. The molecule has 2 aromatic carbocycles. The molecule has 0 bridgehead atoms. The van der Waals surface area contributed by atoms with Crippen LogP contribution in [-0.2, 0) is 0 Å². The Labute approximate surface area is 129 Å². The maximum Gasteiger partial charge on any atom is 0.319 e. The van der Waals surface area contributed by atoms with Crippen molar-refractivity contribution >= 4 is 27.6 Å². The number of anilines is 1. The molecule has 110 valence electrons. The zero-order chi connectivity index (χ0) is 15.4. The van der Waals surface area contributed by atoms with Gasteiger partial charge in [0.1, 0.15) is 11.6 Å². The van der Waals surface area contributed by atoms with E-state index < -0.39 is 17.7 Å². The van der Waals surface area contributed by atoms with Gasteiger partial charge in [-0.2, -0.15) is 0 Å². The summed E-state index contributed by atoms with van der Waals surface area (Å²) in [4.78, 5) is 11.8. The summed E-state index contributed by atoms with van der Waals surface area (Å²) in [6.07, 6.45) is 0. The number of carbonyl (C=O) groups is 1. The Morgan fingerprint density at radius 1 is 1.19 bits per heavy atom. The molecule has 2 N–H and O–H groups in total. The fourth-order valence-electron chi connectivity index (χ4n) is 1.81. The van der Waals surface area contributed by atoms with E-state index in [1.165, 1.54) is 0 Å². The normalized spacial score (nSPS) is 11.8. The Kier molecular flexibility index (Phi) is 4.90. The predicted molar refractivity (Wildman–Crippen MR) is 81.1 cm³/mol. The number of hydrogen-bond donors (Lipinski definition) is 2. The lowest BCUT2D eigenvalue weighted by molar-refractivity contribution is 0.249. The maximum atomic E-state index is 13.4. The Hall–Kier alpha value is -1.95. The van der Waals surface area contributed by atoms with Crippen LogP contribution in [0, 0.1) is 11.6 Å². The molecule has 0 fully saturated rings. The van der Waals surface area contributed by atoms with Gasteiger partial charge >= 0.3 is 6.03 Å². The predicted octanol–water partition coefficient (Wildman–Crippen LogP) is 4.61. The zero-order valence-electron chi connectivity index (χ0n) is 11.2. The molecule has 3 nitrogen and oxygen atoms in total. The zero-order valence-corrected chi connectivity index (χ0v) is 12.7. The Morgan fingerprint density at radius 2 is 1.95 bits per heavy atom. The summed E-state index contributed by atoms with van der Waals surface area (Å²) in [5.41, 5.74) is 0.688. The summed E-state index contributed by atoms with van der Waals surface area (Å²) in [6.45, 7) is 1.79. The van der Waals surface area contributed by atoms with E-state index in [4.69, 9.17) is 0 Å². The molecular weight excluding hydrogens is 342 g/mol. The van der Waals surface area contributed by atoms with E-state index in [0.29, 0.717) is 0 Å². The topological polar surface area (TPSA) is 41.1 Å². The first kappa shape index (κ1) is 15.4. The number of halogens is 3. The second-order valence-electron chi connectivity index (χ2n) is 4.50. The quantitative estimate of drug-likeness (QED) is 0.830. The van der Waals surface area contributed by atoms with Gasteiger partial charge < -0.3 is 10.6 Å². The SMILES string of the molecule is CC(NC(=O)Nc1cc(F)ccc1F)c1cccc(Br)c1. The van der Waals surface area contributed by atoms with Crippen LogP contribution in [0.2, 0.25) is 0 Å². The first-order chi connectivity index (χ1) is 9.95. The highest BCUT2D eigenvalue weighted by molar-refractivity contribution is 9.10. The van der Waals surface area contributed by atoms with Crippen LogP contribution in [0.5, 0.6) is 0 Å². The van der Waals surface area contributed by atoms with E-state index in [1.54, 1.807) is 6.92 Å². The van der Waals surface area contributed by atoms with Gasteiger partial charge in [-0.25, -0.2) is 13.6 Å². The van der Waals surface area contributed by atoms with Crippen molar-refractivity contribution in [2.45, 2.75) is 13.0 Å².